The van der Waals surface area contributed by atoms with E-state index in [0.717, 1.165) is 29.9 Å². The van der Waals surface area contributed by atoms with E-state index in [4.69, 9.17) is 0 Å². The average Bonchev–Trinajstić information content (AvgIpc) is 2.49. The van der Waals surface area contributed by atoms with Crippen LogP contribution in [0.5, 0.6) is 0 Å². The molecule has 0 aliphatic carbocycles. The first-order chi connectivity index (χ1) is 9.31. The maximum atomic E-state index is 9.23. The Morgan fingerprint density at radius 2 is 1.63 bits per heavy atom. The smallest absolute Gasteiger partial charge is 0.365 e. The Morgan fingerprint density at radius 1 is 0.947 bits per heavy atom. The second-order valence-corrected chi connectivity index (χ2v) is 4.31. The van der Waals surface area contributed by atoms with Crippen LogP contribution in [0.25, 0.3) is 16.1 Å². The van der Waals surface area contributed by atoms with Gasteiger partial charge < -0.3 is 4.90 Å². The molecule has 2 aromatic rings. The minimum atomic E-state index is 0.616. The highest BCUT2D eigenvalue weighted by atomic mass is 15.1. The van der Waals surface area contributed by atoms with Gasteiger partial charge in [-0.1, -0.05) is 42.5 Å². The molecule has 0 aromatic heterocycles. The zero-order valence-electron chi connectivity index (χ0n) is 11.4. The molecular weight excluding hydrogens is 234 g/mol. The summed E-state index contributed by atoms with van der Waals surface area (Å²) >= 11 is 0. The molecule has 0 amide bonds. The highest BCUT2D eigenvalue weighted by Crippen LogP contribution is 2.38. The van der Waals surface area contributed by atoms with Gasteiger partial charge in [0, 0.05) is 24.7 Å². The molecule has 2 aromatic carbocycles. The summed E-state index contributed by atoms with van der Waals surface area (Å²) in [7, 11) is 0. The zero-order chi connectivity index (χ0) is 13.7. The molecule has 0 unspecified atom stereocenters. The van der Waals surface area contributed by atoms with Gasteiger partial charge in [-0.3, -0.25) is 0 Å². The Balaban J connectivity index is 2.65. The first-order valence-corrected chi connectivity index (χ1v) is 6.60. The fraction of sp³-hybridized carbons (Fsp3) is 0.250. The number of rotatable bonds is 4. The van der Waals surface area contributed by atoms with E-state index in [9.17, 15) is 5.39 Å². The summed E-state index contributed by atoms with van der Waals surface area (Å²) in [5.41, 5.74) is 3.83. The minimum Gasteiger partial charge on any atom is -0.365 e. The van der Waals surface area contributed by atoms with Crippen molar-refractivity contribution in [1.29, 1.82) is 5.39 Å². The van der Waals surface area contributed by atoms with E-state index >= 15 is 0 Å². The van der Waals surface area contributed by atoms with E-state index in [0.29, 0.717) is 5.69 Å². The van der Waals surface area contributed by atoms with Crippen LogP contribution in [0.2, 0.25) is 0 Å². The molecule has 0 aliphatic rings. The summed E-state index contributed by atoms with van der Waals surface area (Å²) in [5.74, 6) is 0. The molecule has 0 saturated heterocycles. The number of para-hydroxylation sites is 1. The van der Waals surface area contributed by atoms with Crippen molar-refractivity contribution in [3.8, 4) is 11.1 Å². The largest absolute Gasteiger partial charge is 0.408 e. The van der Waals surface area contributed by atoms with Gasteiger partial charge in [-0.05, 0) is 19.4 Å². The topological polar surface area (TPSA) is 31.4 Å². The minimum absolute atomic E-state index is 0.616. The van der Waals surface area contributed by atoms with E-state index in [2.05, 4.69) is 41.9 Å². The van der Waals surface area contributed by atoms with Crippen LogP contribution in [0, 0.1) is 5.39 Å². The standard InChI is InChI=1S/C16H18N3/c1-3-19(4-2)16-14(11-8-12-15(16)18-17)13-9-6-5-7-10-13/h5-12H,3-4H2,1-2H3/q+1. The van der Waals surface area contributed by atoms with E-state index in [1.165, 1.54) is 0 Å². The Hall–Kier alpha value is -2.34. The fourth-order valence-corrected chi connectivity index (χ4v) is 2.33. The van der Waals surface area contributed by atoms with E-state index < -0.39 is 0 Å². The van der Waals surface area contributed by atoms with Crippen molar-refractivity contribution in [2.24, 2.45) is 0 Å². The van der Waals surface area contributed by atoms with Gasteiger partial charge in [0.1, 0.15) is 5.69 Å². The lowest BCUT2D eigenvalue weighted by Gasteiger charge is -2.22. The SMILES string of the molecule is CCN(CC)c1c([N+]#N)cccc1-c1ccccc1. The van der Waals surface area contributed by atoms with Gasteiger partial charge in [-0.25, -0.2) is 0 Å². The molecule has 3 heteroatoms. The van der Waals surface area contributed by atoms with E-state index in [-0.39, 0.29) is 0 Å². The van der Waals surface area contributed by atoms with Crippen molar-refractivity contribution in [3.05, 3.63) is 53.5 Å². The highest BCUT2D eigenvalue weighted by Gasteiger charge is 2.22. The molecule has 0 fully saturated rings. The molecular formula is C16H18N3+. The van der Waals surface area contributed by atoms with Crippen molar-refractivity contribution in [2.45, 2.75) is 13.8 Å². The van der Waals surface area contributed by atoms with Gasteiger partial charge in [-0.15, -0.1) is 0 Å². The molecule has 0 spiro atoms. The maximum Gasteiger partial charge on any atom is 0.408 e. The molecule has 3 nitrogen and oxygen atoms in total. The van der Waals surface area contributed by atoms with Gasteiger partial charge in [0.2, 0.25) is 5.39 Å². The molecule has 19 heavy (non-hydrogen) atoms. The third-order valence-corrected chi connectivity index (χ3v) is 3.29. The van der Waals surface area contributed by atoms with Crippen molar-refractivity contribution in [1.82, 2.24) is 0 Å². The molecule has 0 N–H and O–H groups in total. The molecule has 0 aliphatic heterocycles. The van der Waals surface area contributed by atoms with Crippen LogP contribution in [0.4, 0.5) is 11.4 Å². The Labute approximate surface area is 114 Å². The summed E-state index contributed by atoms with van der Waals surface area (Å²) in [6.07, 6.45) is 0. The first kappa shape index (κ1) is 13.1. The second kappa shape index (κ2) is 6.01. The highest BCUT2D eigenvalue weighted by molar-refractivity contribution is 5.88. The van der Waals surface area contributed by atoms with Crippen LogP contribution in [-0.4, -0.2) is 13.1 Å². The van der Waals surface area contributed by atoms with Crippen molar-refractivity contribution in [3.63, 3.8) is 0 Å². The molecule has 0 bridgehead atoms. The molecule has 0 atom stereocenters. The zero-order valence-corrected chi connectivity index (χ0v) is 11.4. The normalized spacial score (nSPS) is 9.95. The van der Waals surface area contributed by atoms with Crippen molar-refractivity contribution in [2.75, 3.05) is 18.0 Å². The van der Waals surface area contributed by atoms with Crippen LogP contribution in [0.15, 0.2) is 48.5 Å². The van der Waals surface area contributed by atoms with Crippen LogP contribution >= 0.6 is 0 Å². The number of diazo groups is 1. The van der Waals surface area contributed by atoms with Gasteiger partial charge in [-0.2, -0.15) is 0 Å². The third-order valence-electron chi connectivity index (χ3n) is 3.29. The number of hydrogen-bond acceptors (Lipinski definition) is 2. The molecule has 0 saturated carbocycles. The summed E-state index contributed by atoms with van der Waals surface area (Å²) < 4.78 is 0. The number of nitrogens with zero attached hydrogens (tertiary/aromatic N) is 3. The lowest BCUT2D eigenvalue weighted by atomic mass is 10.0. The van der Waals surface area contributed by atoms with E-state index in [1.807, 2.05) is 30.3 Å². The van der Waals surface area contributed by atoms with Crippen molar-refractivity contribution < 1.29 is 0 Å². The number of anilines is 1. The first-order valence-electron chi connectivity index (χ1n) is 6.60. The van der Waals surface area contributed by atoms with Crippen LogP contribution in [0.3, 0.4) is 0 Å². The van der Waals surface area contributed by atoms with Crippen molar-refractivity contribution >= 4 is 11.4 Å². The van der Waals surface area contributed by atoms with E-state index in [1.54, 1.807) is 0 Å². The Morgan fingerprint density at radius 3 is 2.21 bits per heavy atom. The number of hydrogen-bond donors (Lipinski definition) is 0. The Bertz CT molecular complexity index is 581. The molecule has 96 valence electrons. The Kier molecular flexibility index (Phi) is 4.15. The maximum absolute atomic E-state index is 9.23. The monoisotopic (exact) mass is 252 g/mol. The lowest BCUT2D eigenvalue weighted by molar-refractivity contribution is 0.869. The summed E-state index contributed by atoms with van der Waals surface area (Å²) in [4.78, 5) is 5.64. The van der Waals surface area contributed by atoms with Gasteiger partial charge in [0.15, 0.2) is 4.98 Å². The second-order valence-electron chi connectivity index (χ2n) is 4.31. The summed E-state index contributed by atoms with van der Waals surface area (Å²) in [6, 6.07) is 16.0. The predicted molar refractivity (Wildman–Crippen MR) is 80.2 cm³/mol. The third kappa shape index (κ3) is 2.58. The van der Waals surface area contributed by atoms with Gasteiger partial charge in [0.05, 0.1) is 0 Å². The van der Waals surface area contributed by atoms with Crippen LogP contribution in [-0.2, 0) is 0 Å². The van der Waals surface area contributed by atoms with Crippen LogP contribution in [0.1, 0.15) is 13.8 Å². The summed E-state index contributed by atoms with van der Waals surface area (Å²) in [5, 5.41) is 9.23. The number of benzene rings is 2. The predicted octanol–water partition coefficient (Wildman–Crippen LogP) is 4.68. The quantitative estimate of drug-likeness (QED) is 0.739. The molecule has 2 rings (SSSR count). The fourth-order valence-electron chi connectivity index (χ4n) is 2.33. The molecule has 0 radical (unpaired) electrons. The van der Waals surface area contributed by atoms with Crippen LogP contribution < -0.4 is 4.90 Å². The molecule has 0 heterocycles. The summed E-state index contributed by atoms with van der Waals surface area (Å²) in [6.45, 7) is 5.96. The van der Waals surface area contributed by atoms with Gasteiger partial charge >= 0.3 is 5.69 Å². The lowest BCUT2D eigenvalue weighted by Crippen LogP contribution is -2.22. The average molecular weight is 252 g/mol. The van der Waals surface area contributed by atoms with Gasteiger partial charge in [0.25, 0.3) is 0 Å².